The Balaban J connectivity index is 1.31. The molecule has 35 heavy (non-hydrogen) atoms. The SMILES string of the molecule is COc1ccc(-n2nnc3c(N4CCN(C(=O)c5ccc(C(C)(C)C)cc5)CC4)ncnc32)cc1. The number of anilines is 1. The molecular weight excluding hydrogens is 442 g/mol. The van der Waals surface area contributed by atoms with Gasteiger partial charge in [0.2, 0.25) is 0 Å². The molecule has 180 valence electrons. The third-order valence-corrected chi connectivity index (χ3v) is 6.40. The maximum atomic E-state index is 13.1. The van der Waals surface area contributed by atoms with Gasteiger partial charge in [0, 0.05) is 31.7 Å². The molecule has 0 radical (unpaired) electrons. The van der Waals surface area contributed by atoms with Crippen molar-refractivity contribution in [1.82, 2.24) is 29.9 Å². The van der Waals surface area contributed by atoms with Gasteiger partial charge in [-0.2, -0.15) is 4.68 Å². The van der Waals surface area contributed by atoms with Crippen molar-refractivity contribution in [2.75, 3.05) is 38.2 Å². The van der Waals surface area contributed by atoms with Crippen LogP contribution in [0.15, 0.2) is 54.9 Å². The van der Waals surface area contributed by atoms with E-state index >= 15 is 0 Å². The molecule has 0 unspecified atom stereocenters. The van der Waals surface area contributed by atoms with Crippen LogP contribution in [0.5, 0.6) is 5.75 Å². The van der Waals surface area contributed by atoms with Crippen molar-refractivity contribution in [3.63, 3.8) is 0 Å². The number of benzene rings is 2. The van der Waals surface area contributed by atoms with Crippen LogP contribution in [0.1, 0.15) is 36.7 Å². The molecule has 2 aromatic heterocycles. The molecular formula is C26H29N7O2. The van der Waals surface area contributed by atoms with Gasteiger partial charge in [0.15, 0.2) is 17.0 Å². The topological polar surface area (TPSA) is 89.3 Å². The van der Waals surface area contributed by atoms with E-state index in [2.05, 4.69) is 46.0 Å². The Bertz CT molecular complexity index is 1330. The zero-order valence-electron chi connectivity index (χ0n) is 20.5. The predicted molar refractivity (Wildman–Crippen MR) is 134 cm³/mol. The molecule has 9 heteroatoms. The van der Waals surface area contributed by atoms with Gasteiger partial charge >= 0.3 is 0 Å². The number of nitrogens with zero attached hydrogens (tertiary/aromatic N) is 7. The number of hydrogen-bond acceptors (Lipinski definition) is 7. The van der Waals surface area contributed by atoms with E-state index in [-0.39, 0.29) is 11.3 Å². The lowest BCUT2D eigenvalue weighted by atomic mass is 9.86. The Morgan fingerprint density at radius 2 is 1.60 bits per heavy atom. The first-order valence-electron chi connectivity index (χ1n) is 11.7. The van der Waals surface area contributed by atoms with Crippen molar-refractivity contribution >= 4 is 22.9 Å². The lowest BCUT2D eigenvalue weighted by molar-refractivity contribution is 0.0746. The molecule has 4 aromatic rings. The number of piperazine rings is 1. The number of fused-ring (bicyclic) bond motifs is 1. The largest absolute Gasteiger partial charge is 0.497 e. The number of carbonyl (C=O) groups is 1. The Kier molecular flexibility index (Phi) is 5.84. The van der Waals surface area contributed by atoms with Crippen LogP contribution in [-0.2, 0) is 5.41 Å². The highest BCUT2D eigenvalue weighted by Crippen LogP contribution is 2.26. The second-order valence-corrected chi connectivity index (χ2v) is 9.68. The first kappa shape index (κ1) is 22.8. The van der Waals surface area contributed by atoms with Crippen LogP contribution in [0.3, 0.4) is 0 Å². The normalized spacial score (nSPS) is 14.4. The third-order valence-electron chi connectivity index (χ3n) is 6.40. The smallest absolute Gasteiger partial charge is 0.253 e. The maximum Gasteiger partial charge on any atom is 0.253 e. The zero-order valence-corrected chi connectivity index (χ0v) is 20.5. The number of hydrogen-bond donors (Lipinski definition) is 0. The summed E-state index contributed by atoms with van der Waals surface area (Å²) in [4.78, 5) is 26.0. The van der Waals surface area contributed by atoms with Gasteiger partial charge in [-0.05, 0) is 47.4 Å². The minimum Gasteiger partial charge on any atom is -0.497 e. The molecule has 0 bridgehead atoms. The first-order chi connectivity index (χ1) is 16.8. The number of amides is 1. The second kappa shape index (κ2) is 8.98. The summed E-state index contributed by atoms with van der Waals surface area (Å²) in [6.45, 7) is 9.05. The lowest BCUT2D eigenvalue weighted by Crippen LogP contribution is -2.49. The minimum absolute atomic E-state index is 0.0587. The van der Waals surface area contributed by atoms with Crippen molar-refractivity contribution in [3.05, 3.63) is 66.0 Å². The van der Waals surface area contributed by atoms with Gasteiger partial charge in [-0.3, -0.25) is 4.79 Å². The van der Waals surface area contributed by atoms with E-state index in [9.17, 15) is 4.79 Å². The average molecular weight is 472 g/mol. The molecule has 1 amide bonds. The van der Waals surface area contributed by atoms with Gasteiger partial charge in [0.1, 0.15) is 12.1 Å². The van der Waals surface area contributed by atoms with Gasteiger partial charge in [-0.25, -0.2) is 9.97 Å². The summed E-state index contributed by atoms with van der Waals surface area (Å²) >= 11 is 0. The fourth-order valence-corrected chi connectivity index (χ4v) is 4.28. The molecule has 0 atom stereocenters. The van der Waals surface area contributed by atoms with Crippen molar-refractivity contribution in [2.45, 2.75) is 26.2 Å². The summed E-state index contributed by atoms with van der Waals surface area (Å²) in [6, 6.07) is 15.5. The van der Waals surface area contributed by atoms with E-state index in [4.69, 9.17) is 4.74 Å². The van der Waals surface area contributed by atoms with Crippen molar-refractivity contribution in [1.29, 1.82) is 0 Å². The van der Waals surface area contributed by atoms with Gasteiger partial charge in [-0.15, -0.1) is 5.10 Å². The molecule has 9 nitrogen and oxygen atoms in total. The fourth-order valence-electron chi connectivity index (χ4n) is 4.28. The lowest BCUT2D eigenvalue weighted by Gasteiger charge is -2.35. The Morgan fingerprint density at radius 3 is 2.23 bits per heavy atom. The molecule has 1 aliphatic rings. The summed E-state index contributed by atoms with van der Waals surface area (Å²) in [5, 5.41) is 8.69. The van der Waals surface area contributed by atoms with Crippen molar-refractivity contribution < 1.29 is 9.53 Å². The van der Waals surface area contributed by atoms with Crippen LogP contribution < -0.4 is 9.64 Å². The molecule has 5 rings (SSSR count). The predicted octanol–water partition coefficient (Wildman–Crippen LogP) is 3.48. The summed E-state index contributed by atoms with van der Waals surface area (Å²) < 4.78 is 6.93. The average Bonchev–Trinajstić information content (AvgIpc) is 3.32. The van der Waals surface area contributed by atoms with Crippen LogP contribution in [0.2, 0.25) is 0 Å². The van der Waals surface area contributed by atoms with Crippen LogP contribution in [0.25, 0.3) is 16.9 Å². The Morgan fingerprint density at radius 1 is 0.914 bits per heavy atom. The number of methoxy groups -OCH3 is 1. The monoisotopic (exact) mass is 471 g/mol. The third kappa shape index (κ3) is 4.41. The van der Waals surface area contributed by atoms with Gasteiger partial charge in [0.25, 0.3) is 5.91 Å². The van der Waals surface area contributed by atoms with Crippen LogP contribution >= 0.6 is 0 Å². The summed E-state index contributed by atoms with van der Waals surface area (Å²) in [6.07, 6.45) is 1.54. The van der Waals surface area contributed by atoms with E-state index in [1.165, 1.54) is 11.9 Å². The molecule has 0 N–H and O–H groups in total. The van der Waals surface area contributed by atoms with E-state index in [0.29, 0.717) is 37.3 Å². The number of ether oxygens (including phenoxy) is 1. The summed E-state index contributed by atoms with van der Waals surface area (Å²) in [5.41, 5.74) is 4.11. The zero-order chi connectivity index (χ0) is 24.6. The number of aromatic nitrogens is 5. The molecule has 2 aromatic carbocycles. The van der Waals surface area contributed by atoms with Gasteiger partial charge in [-0.1, -0.05) is 38.1 Å². The van der Waals surface area contributed by atoms with Crippen LogP contribution in [0.4, 0.5) is 5.82 Å². The van der Waals surface area contributed by atoms with Crippen molar-refractivity contribution in [3.8, 4) is 11.4 Å². The standard InChI is InChI=1S/C26H29N7O2/c1-26(2,3)19-7-5-18(6-8-19)25(34)32-15-13-31(14-16-32)23-22-24(28-17-27-23)33(30-29-22)20-9-11-21(35-4)12-10-20/h5-12,17H,13-16H2,1-4H3. The summed E-state index contributed by atoms with van der Waals surface area (Å²) in [5.74, 6) is 1.56. The summed E-state index contributed by atoms with van der Waals surface area (Å²) in [7, 11) is 1.63. The van der Waals surface area contributed by atoms with E-state index < -0.39 is 0 Å². The maximum absolute atomic E-state index is 13.1. The Hall–Kier alpha value is -4.01. The number of carbonyl (C=O) groups excluding carboxylic acids is 1. The molecule has 0 aliphatic carbocycles. The van der Waals surface area contributed by atoms with E-state index in [1.807, 2.05) is 53.4 Å². The van der Waals surface area contributed by atoms with Crippen LogP contribution in [-0.4, -0.2) is 69.1 Å². The molecule has 1 saturated heterocycles. The van der Waals surface area contributed by atoms with E-state index in [1.54, 1.807) is 11.8 Å². The first-order valence-corrected chi connectivity index (χ1v) is 11.7. The van der Waals surface area contributed by atoms with E-state index in [0.717, 1.165) is 22.8 Å². The highest BCUT2D eigenvalue weighted by atomic mass is 16.5. The highest BCUT2D eigenvalue weighted by molar-refractivity contribution is 5.94. The molecule has 0 saturated carbocycles. The minimum atomic E-state index is 0.0587. The van der Waals surface area contributed by atoms with Crippen LogP contribution in [0, 0.1) is 0 Å². The fraction of sp³-hybridized carbons (Fsp3) is 0.346. The quantitative estimate of drug-likeness (QED) is 0.450. The van der Waals surface area contributed by atoms with Gasteiger partial charge < -0.3 is 14.5 Å². The molecule has 0 spiro atoms. The Labute approximate surface area is 204 Å². The highest BCUT2D eigenvalue weighted by Gasteiger charge is 2.26. The molecule has 1 aliphatic heterocycles. The number of rotatable bonds is 4. The second-order valence-electron chi connectivity index (χ2n) is 9.68. The molecule has 1 fully saturated rings. The van der Waals surface area contributed by atoms with Crippen molar-refractivity contribution in [2.24, 2.45) is 0 Å². The molecule has 3 heterocycles. The van der Waals surface area contributed by atoms with Gasteiger partial charge in [0.05, 0.1) is 12.8 Å².